The largest absolute Gasteiger partial charge is 0.492 e. The van der Waals surface area contributed by atoms with E-state index in [2.05, 4.69) is 0 Å². The van der Waals surface area contributed by atoms with Gasteiger partial charge < -0.3 is 15.6 Å². The Labute approximate surface area is 80.1 Å². The maximum atomic E-state index is 13.0. The second-order valence-corrected chi connectivity index (χ2v) is 2.57. The fourth-order valence-corrected chi connectivity index (χ4v) is 1.07. The van der Waals surface area contributed by atoms with Crippen LogP contribution < -0.4 is 10.5 Å². The molecule has 3 N–H and O–H groups in total. The Morgan fingerprint density at radius 2 is 2.29 bits per heavy atom. The first-order valence-electron chi connectivity index (χ1n) is 4.02. The van der Waals surface area contributed by atoms with Gasteiger partial charge in [-0.15, -0.1) is 0 Å². The molecule has 0 aliphatic heterocycles. The summed E-state index contributed by atoms with van der Waals surface area (Å²) in [5.74, 6) is -2.08. The molecule has 0 heterocycles. The van der Waals surface area contributed by atoms with Crippen LogP contribution in [-0.4, -0.2) is 17.7 Å². The van der Waals surface area contributed by atoms with Crippen LogP contribution in [-0.2, 0) is 0 Å². The SMILES string of the molecule is CCOc1ccc(F)c(C(=O)O)c1N. The lowest BCUT2D eigenvalue weighted by molar-refractivity contribution is 0.0692. The summed E-state index contributed by atoms with van der Waals surface area (Å²) in [6.45, 7) is 2.07. The summed E-state index contributed by atoms with van der Waals surface area (Å²) in [4.78, 5) is 10.6. The monoisotopic (exact) mass is 199 g/mol. The van der Waals surface area contributed by atoms with E-state index in [-0.39, 0.29) is 11.4 Å². The topological polar surface area (TPSA) is 72.5 Å². The minimum absolute atomic E-state index is 0.181. The van der Waals surface area contributed by atoms with Gasteiger partial charge in [0.1, 0.15) is 17.1 Å². The van der Waals surface area contributed by atoms with Gasteiger partial charge in [-0.2, -0.15) is 0 Å². The number of carboxylic acid groups (broad SMARTS) is 1. The average molecular weight is 199 g/mol. The molecule has 0 aromatic heterocycles. The number of benzene rings is 1. The number of halogens is 1. The summed E-state index contributed by atoms with van der Waals surface area (Å²) in [5.41, 5.74) is 4.70. The third-order valence-electron chi connectivity index (χ3n) is 1.67. The number of rotatable bonds is 3. The molecule has 0 saturated heterocycles. The first kappa shape index (κ1) is 10.3. The summed E-state index contributed by atoms with van der Waals surface area (Å²) in [7, 11) is 0. The zero-order valence-corrected chi connectivity index (χ0v) is 7.58. The van der Waals surface area contributed by atoms with E-state index in [0.717, 1.165) is 6.07 Å². The first-order chi connectivity index (χ1) is 6.57. The van der Waals surface area contributed by atoms with Crippen LogP contribution in [0, 0.1) is 5.82 Å². The van der Waals surface area contributed by atoms with E-state index < -0.39 is 17.3 Å². The van der Waals surface area contributed by atoms with Crippen molar-refractivity contribution >= 4 is 11.7 Å². The molecule has 0 aliphatic rings. The summed E-state index contributed by atoms with van der Waals surface area (Å²) in [5, 5.41) is 8.66. The number of carbonyl (C=O) groups is 1. The lowest BCUT2D eigenvalue weighted by Crippen LogP contribution is -2.08. The van der Waals surface area contributed by atoms with Crippen LogP contribution in [0.25, 0.3) is 0 Å². The summed E-state index contributed by atoms with van der Waals surface area (Å²) in [6.07, 6.45) is 0. The number of nitrogens with two attached hydrogens (primary N) is 1. The van der Waals surface area contributed by atoms with Gasteiger partial charge in [0.15, 0.2) is 0 Å². The minimum atomic E-state index is -1.40. The predicted octanol–water partition coefficient (Wildman–Crippen LogP) is 1.50. The Balaban J connectivity index is 3.26. The van der Waals surface area contributed by atoms with E-state index in [1.54, 1.807) is 6.92 Å². The van der Waals surface area contributed by atoms with Crippen LogP contribution in [0.5, 0.6) is 5.75 Å². The van der Waals surface area contributed by atoms with Gasteiger partial charge in [-0.05, 0) is 19.1 Å². The fourth-order valence-electron chi connectivity index (χ4n) is 1.07. The van der Waals surface area contributed by atoms with E-state index >= 15 is 0 Å². The smallest absolute Gasteiger partial charge is 0.340 e. The molecule has 14 heavy (non-hydrogen) atoms. The Kier molecular flexibility index (Phi) is 2.91. The number of hydrogen-bond donors (Lipinski definition) is 2. The van der Waals surface area contributed by atoms with Crippen molar-refractivity contribution in [1.82, 2.24) is 0 Å². The Morgan fingerprint density at radius 3 is 2.79 bits per heavy atom. The second-order valence-electron chi connectivity index (χ2n) is 2.57. The van der Waals surface area contributed by atoms with Gasteiger partial charge in [0, 0.05) is 0 Å². The molecule has 76 valence electrons. The highest BCUT2D eigenvalue weighted by atomic mass is 19.1. The molecule has 0 spiro atoms. The van der Waals surface area contributed by atoms with Crippen LogP contribution in [0.1, 0.15) is 17.3 Å². The van der Waals surface area contributed by atoms with Crippen molar-refractivity contribution in [3.63, 3.8) is 0 Å². The highest BCUT2D eigenvalue weighted by Gasteiger charge is 2.17. The molecule has 0 aliphatic carbocycles. The van der Waals surface area contributed by atoms with Crippen molar-refractivity contribution in [1.29, 1.82) is 0 Å². The van der Waals surface area contributed by atoms with E-state index in [0.29, 0.717) is 6.61 Å². The molecular formula is C9H10FNO3. The Morgan fingerprint density at radius 1 is 1.64 bits per heavy atom. The maximum Gasteiger partial charge on any atom is 0.340 e. The third-order valence-corrected chi connectivity index (χ3v) is 1.67. The summed E-state index contributed by atoms with van der Waals surface area (Å²) < 4.78 is 18.0. The average Bonchev–Trinajstić information content (AvgIpc) is 2.10. The van der Waals surface area contributed by atoms with E-state index in [1.165, 1.54) is 6.07 Å². The van der Waals surface area contributed by atoms with Gasteiger partial charge in [-0.3, -0.25) is 0 Å². The number of nitrogen functional groups attached to an aromatic ring is 1. The van der Waals surface area contributed by atoms with Gasteiger partial charge in [-0.1, -0.05) is 0 Å². The molecule has 0 unspecified atom stereocenters. The van der Waals surface area contributed by atoms with Crippen LogP contribution in [0.2, 0.25) is 0 Å². The maximum absolute atomic E-state index is 13.0. The molecule has 0 saturated carbocycles. The van der Waals surface area contributed by atoms with Gasteiger partial charge in [0.2, 0.25) is 0 Å². The second kappa shape index (κ2) is 3.95. The molecule has 0 bridgehead atoms. The zero-order valence-electron chi connectivity index (χ0n) is 7.58. The Hall–Kier alpha value is -1.78. The molecular weight excluding hydrogens is 189 g/mol. The van der Waals surface area contributed by atoms with Gasteiger partial charge in [-0.25, -0.2) is 9.18 Å². The Bertz CT molecular complexity index is 365. The third kappa shape index (κ3) is 1.76. The van der Waals surface area contributed by atoms with Gasteiger partial charge in [0.05, 0.1) is 12.3 Å². The number of ether oxygens (including phenoxy) is 1. The van der Waals surface area contributed by atoms with Crippen LogP contribution in [0.15, 0.2) is 12.1 Å². The normalized spacial score (nSPS) is 9.86. The number of anilines is 1. The quantitative estimate of drug-likeness (QED) is 0.723. The lowest BCUT2D eigenvalue weighted by Gasteiger charge is -2.09. The predicted molar refractivity (Wildman–Crippen MR) is 48.9 cm³/mol. The van der Waals surface area contributed by atoms with Crippen molar-refractivity contribution in [2.45, 2.75) is 6.92 Å². The lowest BCUT2D eigenvalue weighted by atomic mass is 10.1. The minimum Gasteiger partial charge on any atom is -0.492 e. The number of carboxylic acids is 1. The summed E-state index contributed by atoms with van der Waals surface area (Å²) in [6, 6.07) is 2.32. The van der Waals surface area contributed by atoms with E-state index in [9.17, 15) is 9.18 Å². The number of aromatic carboxylic acids is 1. The van der Waals surface area contributed by atoms with Crippen molar-refractivity contribution in [3.05, 3.63) is 23.5 Å². The molecule has 0 atom stereocenters. The molecule has 5 heteroatoms. The zero-order chi connectivity index (χ0) is 10.7. The standard InChI is InChI=1S/C9H10FNO3/c1-2-14-6-4-3-5(10)7(8(6)11)9(12)13/h3-4H,2,11H2,1H3,(H,12,13). The highest BCUT2D eigenvalue weighted by molar-refractivity contribution is 5.95. The van der Waals surface area contributed by atoms with Crippen molar-refractivity contribution < 1.29 is 19.0 Å². The molecule has 0 fully saturated rings. The summed E-state index contributed by atoms with van der Waals surface area (Å²) >= 11 is 0. The molecule has 1 aromatic carbocycles. The van der Waals surface area contributed by atoms with Crippen LogP contribution in [0.4, 0.5) is 10.1 Å². The molecule has 0 radical (unpaired) electrons. The molecule has 1 rings (SSSR count). The molecule has 1 aromatic rings. The van der Waals surface area contributed by atoms with Crippen molar-refractivity contribution in [2.75, 3.05) is 12.3 Å². The molecule has 0 amide bonds. The van der Waals surface area contributed by atoms with Gasteiger partial charge in [0.25, 0.3) is 0 Å². The van der Waals surface area contributed by atoms with Gasteiger partial charge >= 0.3 is 5.97 Å². The van der Waals surface area contributed by atoms with Crippen LogP contribution >= 0.6 is 0 Å². The molecule has 4 nitrogen and oxygen atoms in total. The van der Waals surface area contributed by atoms with Crippen molar-refractivity contribution in [3.8, 4) is 5.75 Å². The van der Waals surface area contributed by atoms with Crippen LogP contribution in [0.3, 0.4) is 0 Å². The van der Waals surface area contributed by atoms with E-state index in [4.69, 9.17) is 15.6 Å². The number of hydrogen-bond acceptors (Lipinski definition) is 3. The van der Waals surface area contributed by atoms with E-state index in [1.807, 2.05) is 0 Å². The fraction of sp³-hybridized carbons (Fsp3) is 0.222. The first-order valence-corrected chi connectivity index (χ1v) is 4.02. The van der Waals surface area contributed by atoms with Crippen molar-refractivity contribution in [2.24, 2.45) is 0 Å². The highest BCUT2D eigenvalue weighted by Crippen LogP contribution is 2.27.